The molecule has 0 aliphatic rings. The molecule has 3 aromatic rings. The van der Waals surface area contributed by atoms with Crippen molar-refractivity contribution in [2.75, 3.05) is 0 Å². The highest BCUT2D eigenvalue weighted by Crippen LogP contribution is 2.36. The Kier molecular flexibility index (Phi) is 7.68. The van der Waals surface area contributed by atoms with Gasteiger partial charge < -0.3 is 10.1 Å². The van der Waals surface area contributed by atoms with E-state index in [-0.39, 0.29) is 29.3 Å². The highest BCUT2D eigenvalue weighted by Gasteiger charge is 2.29. The molecule has 9 heteroatoms. The largest absolute Gasteiger partial charge is 0.487 e. The smallest absolute Gasteiger partial charge is 0.446 e. The molecule has 0 aliphatic heterocycles. The van der Waals surface area contributed by atoms with Crippen molar-refractivity contribution in [3.63, 3.8) is 0 Å². The Morgan fingerprint density at radius 1 is 1.17 bits per heavy atom. The highest BCUT2D eigenvalue weighted by molar-refractivity contribution is 8.00. The average Bonchev–Trinajstić information content (AvgIpc) is 3.12. The summed E-state index contributed by atoms with van der Waals surface area (Å²) in [7, 11) is 0. The lowest BCUT2D eigenvalue weighted by Gasteiger charge is -2.13. The molecule has 3 rings (SSSR count). The molecular weight excluding hydrogens is 453 g/mol. The van der Waals surface area contributed by atoms with Crippen molar-refractivity contribution in [2.45, 2.75) is 43.4 Å². The van der Waals surface area contributed by atoms with Gasteiger partial charge in [0.1, 0.15) is 17.4 Å². The zero-order valence-electron chi connectivity index (χ0n) is 16.3. The molecule has 0 fully saturated rings. The van der Waals surface area contributed by atoms with Crippen LogP contribution in [0.2, 0.25) is 5.02 Å². The highest BCUT2D eigenvalue weighted by atomic mass is 35.5. The number of aromatic nitrogens is 1. The summed E-state index contributed by atoms with van der Waals surface area (Å²) < 4.78 is 42.9. The zero-order chi connectivity index (χ0) is 21.7. The summed E-state index contributed by atoms with van der Waals surface area (Å²) in [5.41, 5.74) is -2.52. The molecule has 160 valence electrons. The van der Waals surface area contributed by atoms with E-state index in [2.05, 4.69) is 17.2 Å². The molecule has 2 aromatic carbocycles. The maximum atomic E-state index is 12.4. The van der Waals surface area contributed by atoms with Crippen molar-refractivity contribution < 1.29 is 17.9 Å². The molecule has 1 unspecified atom stereocenters. The number of aryl methyl sites for hydroxylation is 1. The summed E-state index contributed by atoms with van der Waals surface area (Å²) in [6.07, 6.45) is 1.86. The summed E-state index contributed by atoms with van der Waals surface area (Å²) in [6.45, 7) is 4.95. The number of nitrogens with zero attached hydrogens (tertiary/aromatic N) is 1. The Bertz CT molecular complexity index is 977. The van der Waals surface area contributed by atoms with E-state index in [0.29, 0.717) is 17.3 Å². The van der Waals surface area contributed by atoms with Crippen LogP contribution in [0.5, 0.6) is 5.75 Å². The van der Waals surface area contributed by atoms with E-state index < -0.39 is 5.51 Å². The molecule has 0 amide bonds. The van der Waals surface area contributed by atoms with Crippen LogP contribution in [-0.4, -0.2) is 10.5 Å². The van der Waals surface area contributed by atoms with Crippen molar-refractivity contribution >= 4 is 34.7 Å². The normalized spacial score (nSPS) is 12.7. The zero-order valence-corrected chi connectivity index (χ0v) is 18.7. The molecule has 0 saturated heterocycles. The maximum Gasteiger partial charge on any atom is 0.446 e. The Morgan fingerprint density at radius 2 is 1.87 bits per heavy atom. The summed E-state index contributed by atoms with van der Waals surface area (Å²) in [5, 5.41) is 4.94. The van der Waals surface area contributed by atoms with E-state index in [9.17, 15) is 13.2 Å². The van der Waals surface area contributed by atoms with Crippen molar-refractivity contribution in [3.05, 3.63) is 74.7 Å². The number of alkyl halides is 3. The minimum Gasteiger partial charge on any atom is -0.487 e. The first kappa shape index (κ1) is 22.9. The van der Waals surface area contributed by atoms with Gasteiger partial charge in [0.15, 0.2) is 0 Å². The number of thiazole rings is 1. The SMILES string of the molecule is Cc1cnc(C(C)NCc2ccc(OCc3ccc(SC(F)(F)F)cc3)c(Cl)c2)s1. The van der Waals surface area contributed by atoms with Gasteiger partial charge >= 0.3 is 5.51 Å². The Labute approximate surface area is 186 Å². The van der Waals surface area contributed by atoms with Crippen LogP contribution in [0.1, 0.15) is 34.0 Å². The lowest BCUT2D eigenvalue weighted by atomic mass is 10.2. The molecule has 0 saturated carbocycles. The first-order valence-corrected chi connectivity index (χ1v) is 11.1. The van der Waals surface area contributed by atoms with Crippen molar-refractivity contribution in [1.82, 2.24) is 10.3 Å². The summed E-state index contributed by atoms with van der Waals surface area (Å²) in [5.74, 6) is 0.526. The van der Waals surface area contributed by atoms with E-state index in [4.69, 9.17) is 16.3 Å². The van der Waals surface area contributed by atoms with Crippen molar-refractivity contribution in [3.8, 4) is 5.75 Å². The van der Waals surface area contributed by atoms with Gasteiger partial charge in [0.2, 0.25) is 0 Å². The molecule has 0 radical (unpaired) electrons. The average molecular weight is 473 g/mol. The second kappa shape index (κ2) is 10.0. The first-order chi connectivity index (χ1) is 14.2. The third-order valence-electron chi connectivity index (χ3n) is 4.17. The summed E-state index contributed by atoms with van der Waals surface area (Å²) in [6, 6.07) is 11.8. The lowest BCUT2D eigenvalue weighted by molar-refractivity contribution is -0.0328. The molecule has 3 nitrogen and oxygen atoms in total. The molecule has 1 N–H and O–H groups in total. The Balaban J connectivity index is 1.52. The predicted molar refractivity (Wildman–Crippen MR) is 116 cm³/mol. The van der Waals surface area contributed by atoms with Gasteiger partial charge in [-0.25, -0.2) is 4.98 Å². The molecule has 1 atom stereocenters. The van der Waals surface area contributed by atoms with Crippen molar-refractivity contribution in [1.29, 1.82) is 0 Å². The third-order valence-corrected chi connectivity index (χ3v) is 6.30. The molecule has 0 spiro atoms. The van der Waals surface area contributed by atoms with Crippen LogP contribution in [-0.2, 0) is 13.2 Å². The van der Waals surface area contributed by atoms with E-state index in [1.54, 1.807) is 29.5 Å². The minimum atomic E-state index is -4.29. The fourth-order valence-electron chi connectivity index (χ4n) is 2.65. The predicted octanol–water partition coefficient (Wildman–Crippen LogP) is 7.15. The molecule has 0 aliphatic carbocycles. The van der Waals surface area contributed by atoms with Gasteiger partial charge in [0, 0.05) is 22.5 Å². The van der Waals surface area contributed by atoms with Gasteiger partial charge in [-0.2, -0.15) is 13.2 Å². The number of halogens is 4. The quantitative estimate of drug-likeness (QED) is 0.353. The van der Waals surface area contributed by atoms with Crippen LogP contribution in [0.25, 0.3) is 0 Å². The number of thioether (sulfide) groups is 1. The first-order valence-electron chi connectivity index (χ1n) is 9.11. The van der Waals surface area contributed by atoms with Crippen LogP contribution >= 0.6 is 34.7 Å². The van der Waals surface area contributed by atoms with E-state index in [1.165, 1.54) is 17.0 Å². The second-order valence-electron chi connectivity index (χ2n) is 6.66. The molecule has 0 bridgehead atoms. The van der Waals surface area contributed by atoms with Gasteiger partial charge in [-0.15, -0.1) is 11.3 Å². The summed E-state index contributed by atoms with van der Waals surface area (Å²) >= 11 is 7.87. The number of hydrogen-bond donors (Lipinski definition) is 1. The van der Waals surface area contributed by atoms with Crippen LogP contribution < -0.4 is 10.1 Å². The van der Waals surface area contributed by atoms with Crippen molar-refractivity contribution in [2.24, 2.45) is 0 Å². The van der Waals surface area contributed by atoms with E-state index >= 15 is 0 Å². The molecular formula is C21H20ClF3N2OS2. The number of hydrogen-bond acceptors (Lipinski definition) is 5. The lowest BCUT2D eigenvalue weighted by Crippen LogP contribution is -2.17. The Morgan fingerprint density at radius 3 is 2.47 bits per heavy atom. The topological polar surface area (TPSA) is 34.2 Å². The van der Waals surface area contributed by atoms with Gasteiger partial charge in [-0.3, -0.25) is 0 Å². The minimum absolute atomic E-state index is 0.136. The second-order valence-corrected chi connectivity index (χ2v) is 9.47. The van der Waals surface area contributed by atoms with E-state index in [1.807, 2.05) is 25.3 Å². The fraction of sp³-hybridized carbons (Fsp3) is 0.286. The van der Waals surface area contributed by atoms with Crippen LogP contribution in [0.15, 0.2) is 53.6 Å². The number of ether oxygens (including phenoxy) is 1. The standard InChI is InChI=1S/C21H20ClF3N2OS2/c1-13-10-27-20(29-13)14(2)26-11-16-5-8-19(18(22)9-16)28-12-15-3-6-17(7-4-15)30-21(23,24)25/h3-10,14,26H,11-12H2,1-2H3. The van der Waals surface area contributed by atoms with Gasteiger partial charge in [-0.05, 0) is 61.0 Å². The monoisotopic (exact) mass is 472 g/mol. The molecule has 1 heterocycles. The van der Waals surface area contributed by atoms with Crippen LogP contribution in [0.4, 0.5) is 13.2 Å². The molecule has 1 aromatic heterocycles. The Hall–Kier alpha value is -1.74. The van der Waals surface area contributed by atoms with Gasteiger partial charge in [0.25, 0.3) is 0 Å². The van der Waals surface area contributed by atoms with Crippen LogP contribution in [0, 0.1) is 6.92 Å². The molecule has 30 heavy (non-hydrogen) atoms. The van der Waals surface area contributed by atoms with Crippen LogP contribution in [0.3, 0.4) is 0 Å². The number of rotatable bonds is 8. The van der Waals surface area contributed by atoms with Gasteiger partial charge in [0.05, 0.1) is 11.1 Å². The third kappa shape index (κ3) is 6.91. The number of benzene rings is 2. The van der Waals surface area contributed by atoms with E-state index in [0.717, 1.165) is 16.1 Å². The van der Waals surface area contributed by atoms with Gasteiger partial charge in [-0.1, -0.05) is 29.8 Å². The maximum absolute atomic E-state index is 12.4. The summed E-state index contributed by atoms with van der Waals surface area (Å²) in [4.78, 5) is 5.71. The fourth-order valence-corrected chi connectivity index (χ4v) is 4.25. The number of nitrogens with one attached hydrogen (secondary N) is 1.